The zero-order valence-corrected chi connectivity index (χ0v) is 13.2. The van der Waals surface area contributed by atoms with E-state index in [-0.39, 0.29) is 17.8 Å². The zero-order valence-electron chi connectivity index (χ0n) is 11.7. The van der Waals surface area contributed by atoms with Crippen LogP contribution in [0.3, 0.4) is 0 Å². The van der Waals surface area contributed by atoms with E-state index in [1.165, 1.54) is 0 Å². The third-order valence-corrected chi connectivity index (χ3v) is 3.91. The molecule has 0 unspecified atom stereocenters. The van der Waals surface area contributed by atoms with E-state index in [4.69, 9.17) is 27.9 Å². The van der Waals surface area contributed by atoms with Gasteiger partial charge in [-0.15, -0.1) is 0 Å². The van der Waals surface area contributed by atoms with E-state index < -0.39 is 0 Å². The molecular weight excluding hydrogens is 297 g/mol. The molecule has 1 N–H and O–H groups in total. The zero-order chi connectivity index (χ0) is 14.7. The van der Waals surface area contributed by atoms with Crippen LogP contribution < -0.4 is 10.1 Å². The highest BCUT2D eigenvalue weighted by Gasteiger charge is 2.24. The molecule has 2 rings (SSSR count). The van der Waals surface area contributed by atoms with Crippen LogP contribution in [0.4, 0.5) is 0 Å². The second kappa shape index (κ2) is 6.79. The molecule has 0 bridgehead atoms. The first-order valence-electron chi connectivity index (χ1n) is 6.89. The molecule has 110 valence electrons. The predicted molar refractivity (Wildman–Crippen MR) is 82.2 cm³/mol. The molecule has 0 atom stereocenters. The predicted octanol–water partition coefficient (Wildman–Crippen LogP) is 3.96. The van der Waals surface area contributed by atoms with Crippen LogP contribution in [0.1, 0.15) is 37.0 Å². The van der Waals surface area contributed by atoms with Crippen molar-refractivity contribution in [1.29, 1.82) is 0 Å². The van der Waals surface area contributed by atoms with Crippen LogP contribution in [-0.2, 0) is 0 Å². The van der Waals surface area contributed by atoms with Crippen molar-refractivity contribution >= 4 is 29.0 Å². The Kier molecular flexibility index (Phi) is 5.30. The lowest BCUT2D eigenvalue weighted by Crippen LogP contribution is -2.31. The van der Waals surface area contributed by atoms with Gasteiger partial charge in [0.2, 0.25) is 0 Å². The van der Waals surface area contributed by atoms with Gasteiger partial charge in [0.1, 0.15) is 0 Å². The molecule has 0 aliphatic carbocycles. The monoisotopic (exact) mass is 315 g/mol. The molecule has 0 aromatic heterocycles. The minimum atomic E-state index is -0.0176. The lowest BCUT2D eigenvalue weighted by molar-refractivity contribution is 0.0895. The van der Waals surface area contributed by atoms with Gasteiger partial charge in [0.25, 0.3) is 0 Å². The smallest absolute Gasteiger partial charge is 0.166 e. The Hall–Kier alpha value is -0.770. The van der Waals surface area contributed by atoms with E-state index in [0.717, 1.165) is 25.9 Å². The first kappa shape index (κ1) is 15.6. The SMILES string of the molecule is CC(C)Oc1c(Cl)cc(C(=O)C2CCNCC2)cc1Cl. The Balaban J connectivity index is 2.22. The van der Waals surface area contributed by atoms with Gasteiger partial charge in [0, 0.05) is 11.5 Å². The van der Waals surface area contributed by atoms with Crippen molar-refractivity contribution in [2.24, 2.45) is 5.92 Å². The van der Waals surface area contributed by atoms with Gasteiger partial charge in [-0.05, 0) is 51.9 Å². The molecule has 0 radical (unpaired) electrons. The fourth-order valence-corrected chi connectivity index (χ4v) is 2.95. The number of hydrogen-bond acceptors (Lipinski definition) is 3. The average molecular weight is 316 g/mol. The number of ketones is 1. The summed E-state index contributed by atoms with van der Waals surface area (Å²) >= 11 is 12.4. The number of hydrogen-bond donors (Lipinski definition) is 1. The molecule has 1 aromatic rings. The number of benzene rings is 1. The highest BCUT2D eigenvalue weighted by atomic mass is 35.5. The molecule has 1 aromatic carbocycles. The van der Waals surface area contributed by atoms with Gasteiger partial charge in [-0.3, -0.25) is 4.79 Å². The summed E-state index contributed by atoms with van der Waals surface area (Å²) in [6.45, 7) is 5.57. The van der Waals surface area contributed by atoms with Crippen molar-refractivity contribution in [3.8, 4) is 5.75 Å². The van der Waals surface area contributed by atoms with E-state index >= 15 is 0 Å². The Bertz CT molecular complexity index is 474. The summed E-state index contributed by atoms with van der Waals surface area (Å²) < 4.78 is 5.57. The fraction of sp³-hybridized carbons (Fsp3) is 0.533. The van der Waals surface area contributed by atoms with Crippen molar-refractivity contribution in [3.05, 3.63) is 27.7 Å². The van der Waals surface area contributed by atoms with Crippen LogP contribution in [0.15, 0.2) is 12.1 Å². The van der Waals surface area contributed by atoms with Crippen LogP contribution in [0.5, 0.6) is 5.75 Å². The summed E-state index contributed by atoms with van der Waals surface area (Å²) in [7, 11) is 0. The van der Waals surface area contributed by atoms with Gasteiger partial charge < -0.3 is 10.1 Å². The van der Waals surface area contributed by atoms with Gasteiger partial charge in [0.05, 0.1) is 16.1 Å². The van der Waals surface area contributed by atoms with Gasteiger partial charge >= 0.3 is 0 Å². The van der Waals surface area contributed by atoms with Crippen LogP contribution in [0, 0.1) is 5.92 Å². The number of Topliss-reactive ketones (excluding diaryl/α,β-unsaturated/α-hetero) is 1. The standard InChI is InChI=1S/C15H19Cl2NO2/c1-9(2)20-15-12(16)7-11(8-13(15)17)14(19)10-3-5-18-6-4-10/h7-10,18H,3-6H2,1-2H3. The van der Waals surface area contributed by atoms with Crippen LogP contribution in [0.2, 0.25) is 10.0 Å². The van der Waals surface area contributed by atoms with E-state index in [0.29, 0.717) is 21.4 Å². The lowest BCUT2D eigenvalue weighted by Gasteiger charge is -2.22. The molecule has 0 spiro atoms. The highest BCUT2D eigenvalue weighted by Crippen LogP contribution is 2.36. The average Bonchev–Trinajstić information content (AvgIpc) is 2.42. The van der Waals surface area contributed by atoms with Gasteiger partial charge in [-0.1, -0.05) is 23.2 Å². The van der Waals surface area contributed by atoms with E-state index in [1.807, 2.05) is 13.8 Å². The van der Waals surface area contributed by atoms with Crippen molar-refractivity contribution in [3.63, 3.8) is 0 Å². The van der Waals surface area contributed by atoms with Crippen LogP contribution >= 0.6 is 23.2 Å². The Labute approximate surface area is 129 Å². The molecule has 1 heterocycles. The largest absolute Gasteiger partial charge is 0.488 e. The second-order valence-electron chi connectivity index (χ2n) is 5.32. The molecule has 1 aliphatic heterocycles. The number of carbonyl (C=O) groups excluding carboxylic acids is 1. The minimum absolute atomic E-state index is 0.0176. The molecule has 20 heavy (non-hydrogen) atoms. The summed E-state index contributed by atoms with van der Waals surface area (Å²) in [4.78, 5) is 12.5. The molecule has 3 nitrogen and oxygen atoms in total. The number of carbonyl (C=O) groups is 1. The molecule has 0 saturated carbocycles. The van der Waals surface area contributed by atoms with E-state index in [1.54, 1.807) is 12.1 Å². The Morgan fingerprint density at radius 2 is 1.80 bits per heavy atom. The second-order valence-corrected chi connectivity index (χ2v) is 6.14. The number of ether oxygens (including phenoxy) is 1. The summed E-state index contributed by atoms with van der Waals surface area (Å²) in [5.74, 6) is 0.622. The number of rotatable bonds is 4. The van der Waals surface area contributed by atoms with Crippen molar-refractivity contribution in [2.75, 3.05) is 13.1 Å². The first-order valence-corrected chi connectivity index (χ1v) is 7.65. The summed E-state index contributed by atoms with van der Waals surface area (Å²) in [5, 5.41) is 4.03. The van der Waals surface area contributed by atoms with Crippen molar-refractivity contribution < 1.29 is 9.53 Å². The van der Waals surface area contributed by atoms with Crippen molar-refractivity contribution in [2.45, 2.75) is 32.8 Å². The number of halogens is 2. The maximum atomic E-state index is 12.5. The fourth-order valence-electron chi connectivity index (χ4n) is 2.37. The molecule has 5 heteroatoms. The summed E-state index contributed by atoms with van der Waals surface area (Å²) in [6.07, 6.45) is 1.70. The highest BCUT2D eigenvalue weighted by molar-refractivity contribution is 6.37. The molecule has 0 amide bonds. The Morgan fingerprint density at radius 1 is 1.25 bits per heavy atom. The molecular formula is C15H19Cl2NO2. The maximum Gasteiger partial charge on any atom is 0.166 e. The number of nitrogens with one attached hydrogen (secondary N) is 1. The third kappa shape index (κ3) is 3.66. The molecule has 1 saturated heterocycles. The molecule has 1 aliphatic rings. The van der Waals surface area contributed by atoms with E-state index in [9.17, 15) is 4.79 Å². The van der Waals surface area contributed by atoms with Gasteiger partial charge in [0.15, 0.2) is 11.5 Å². The summed E-state index contributed by atoms with van der Waals surface area (Å²) in [5.41, 5.74) is 0.572. The molecule has 1 fully saturated rings. The quantitative estimate of drug-likeness (QED) is 0.855. The summed E-state index contributed by atoms with van der Waals surface area (Å²) in [6, 6.07) is 3.32. The van der Waals surface area contributed by atoms with Crippen LogP contribution in [-0.4, -0.2) is 25.0 Å². The third-order valence-electron chi connectivity index (χ3n) is 3.35. The normalized spacial score (nSPS) is 16.4. The maximum absolute atomic E-state index is 12.5. The Morgan fingerprint density at radius 3 is 2.30 bits per heavy atom. The van der Waals surface area contributed by atoms with Crippen LogP contribution in [0.25, 0.3) is 0 Å². The van der Waals surface area contributed by atoms with Gasteiger partial charge in [-0.2, -0.15) is 0 Å². The topological polar surface area (TPSA) is 38.3 Å². The van der Waals surface area contributed by atoms with Crippen molar-refractivity contribution in [1.82, 2.24) is 5.32 Å². The minimum Gasteiger partial charge on any atom is -0.488 e. The van der Waals surface area contributed by atoms with E-state index in [2.05, 4.69) is 5.32 Å². The lowest BCUT2D eigenvalue weighted by atomic mass is 9.89. The van der Waals surface area contributed by atoms with Gasteiger partial charge in [-0.25, -0.2) is 0 Å². The first-order chi connectivity index (χ1) is 9.49. The number of piperidine rings is 1.